The Bertz CT molecular complexity index is 1280. The molecule has 2 heterocycles. The highest BCUT2D eigenvalue weighted by molar-refractivity contribution is 7.93. The summed E-state index contributed by atoms with van der Waals surface area (Å²) in [5.41, 5.74) is 0.427. The summed E-state index contributed by atoms with van der Waals surface area (Å²) in [6, 6.07) is 5.21. The van der Waals surface area contributed by atoms with Crippen molar-refractivity contribution in [1.29, 1.82) is 0 Å². The molecule has 0 saturated heterocycles. The Kier molecular flexibility index (Phi) is 7.93. The molecule has 0 spiro atoms. The number of anilines is 1. The second-order valence-corrected chi connectivity index (χ2v) is 10.5. The van der Waals surface area contributed by atoms with Gasteiger partial charge in [-0.05, 0) is 31.9 Å². The van der Waals surface area contributed by atoms with Gasteiger partial charge in [-0.15, -0.1) is 10.2 Å². The van der Waals surface area contributed by atoms with Gasteiger partial charge in [0.05, 0.1) is 25.3 Å². The molecule has 12 nitrogen and oxygen atoms in total. The lowest BCUT2D eigenvalue weighted by Crippen LogP contribution is -2.33. The van der Waals surface area contributed by atoms with Crippen molar-refractivity contribution >= 4 is 27.6 Å². The van der Waals surface area contributed by atoms with Crippen LogP contribution in [-0.2, 0) is 26.1 Å². The highest BCUT2D eigenvalue weighted by atomic mass is 35.5. The lowest BCUT2D eigenvalue weighted by Gasteiger charge is -2.22. The van der Waals surface area contributed by atoms with E-state index in [1.807, 2.05) is 0 Å². The first-order valence-corrected chi connectivity index (χ1v) is 13.0. The first-order chi connectivity index (χ1) is 17.3. The number of hydrogen-bond donors (Lipinski definition) is 1. The van der Waals surface area contributed by atoms with Crippen LogP contribution in [-0.4, -0.2) is 65.8 Å². The molecule has 14 heteroatoms. The lowest BCUT2D eigenvalue weighted by atomic mass is 10.2. The van der Waals surface area contributed by atoms with Gasteiger partial charge in [0.15, 0.2) is 11.6 Å². The number of hydrogen-bond acceptors (Lipinski definition) is 10. The largest absolute Gasteiger partial charge is 0.494 e. The molecule has 2 aromatic heterocycles. The maximum absolute atomic E-state index is 13.5. The monoisotopic (exact) mass is 538 g/mol. The first-order valence-electron chi connectivity index (χ1n) is 11.1. The summed E-state index contributed by atoms with van der Waals surface area (Å²) in [5, 5.41) is 7.53. The second-order valence-electron chi connectivity index (χ2n) is 8.06. The quantitative estimate of drug-likeness (QED) is 0.366. The van der Waals surface area contributed by atoms with Crippen molar-refractivity contribution < 1.29 is 27.4 Å². The summed E-state index contributed by atoms with van der Waals surface area (Å²) in [7, 11) is 0.296. The minimum atomic E-state index is -4.09. The molecule has 2 unspecified atom stereocenters. The van der Waals surface area contributed by atoms with E-state index in [0.29, 0.717) is 28.0 Å². The molecule has 4 rings (SSSR count). The van der Waals surface area contributed by atoms with Gasteiger partial charge >= 0.3 is 0 Å². The zero-order valence-corrected chi connectivity index (χ0v) is 21.8. The number of benzene rings is 1. The van der Waals surface area contributed by atoms with Gasteiger partial charge in [0, 0.05) is 19.5 Å². The van der Waals surface area contributed by atoms with Crippen LogP contribution in [0.15, 0.2) is 30.6 Å². The number of nitrogens with zero attached hydrogens (tertiary/aromatic N) is 5. The maximum Gasteiger partial charge on any atom is 0.243 e. The van der Waals surface area contributed by atoms with E-state index in [4.69, 9.17) is 30.5 Å². The van der Waals surface area contributed by atoms with E-state index < -0.39 is 21.4 Å². The first kappa shape index (κ1) is 26.1. The van der Waals surface area contributed by atoms with Crippen LogP contribution in [0.2, 0.25) is 5.02 Å². The van der Waals surface area contributed by atoms with Crippen LogP contribution >= 0.6 is 11.6 Å². The summed E-state index contributed by atoms with van der Waals surface area (Å²) in [4.78, 5) is 8.22. The second kappa shape index (κ2) is 10.9. The van der Waals surface area contributed by atoms with Crippen molar-refractivity contribution in [3.8, 4) is 17.2 Å². The van der Waals surface area contributed by atoms with Crippen molar-refractivity contribution in [2.24, 2.45) is 0 Å². The third-order valence-corrected chi connectivity index (χ3v) is 7.51. The Morgan fingerprint density at radius 1 is 1.11 bits per heavy atom. The average Bonchev–Trinajstić information content (AvgIpc) is 3.63. The van der Waals surface area contributed by atoms with Crippen LogP contribution in [0.5, 0.6) is 11.5 Å². The van der Waals surface area contributed by atoms with Crippen LogP contribution in [0.25, 0.3) is 5.69 Å². The van der Waals surface area contributed by atoms with Crippen molar-refractivity contribution in [3.05, 3.63) is 47.3 Å². The SMILES string of the molecule is COc1cccc(OC)c1-n1c(COC2CC2)nnc1NS(=O)(=O)C(C)C(OC)c1ncc(Cl)cn1. The molecule has 0 radical (unpaired) electrons. The molecule has 0 amide bonds. The summed E-state index contributed by atoms with van der Waals surface area (Å²) in [5.74, 6) is 1.34. The van der Waals surface area contributed by atoms with E-state index in [1.54, 1.807) is 18.2 Å². The van der Waals surface area contributed by atoms with E-state index >= 15 is 0 Å². The smallest absolute Gasteiger partial charge is 0.243 e. The number of rotatable bonds is 12. The molecule has 0 bridgehead atoms. The number of aromatic nitrogens is 5. The Morgan fingerprint density at radius 3 is 2.31 bits per heavy atom. The summed E-state index contributed by atoms with van der Waals surface area (Å²) in [6.45, 7) is 1.60. The highest BCUT2D eigenvalue weighted by Gasteiger charge is 2.35. The lowest BCUT2D eigenvalue weighted by molar-refractivity contribution is 0.0950. The van der Waals surface area contributed by atoms with E-state index in [1.165, 1.54) is 45.2 Å². The molecule has 1 aliphatic rings. The highest BCUT2D eigenvalue weighted by Crippen LogP contribution is 2.36. The molecule has 194 valence electrons. The summed E-state index contributed by atoms with van der Waals surface area (Å²) in [6.07, 6.45) is 3.85. The van der Waals surface area contributed by atoms with Crippen LogP contribution in [0.1, 0.15) is 37.5 Å². The predicted molar refractivity (Wildman–Crippen MR) is 131 cm³/mol. The van der Waals surface area contributed by atoms with Crippen molar-refractivity contribution in [1.82, 2.24) is 24.7 Å². The van der Waals surface area contributed by atoms with Gasteiger partial charge in [0.2, 0.25) is 16.0 Å². The van der Waals surface area contributed by atoms with Gasteiger partial charge in [-0.1, -0.05) is 17.7 Å². The Labute approximate surface area is 214 Å². The van der Waals surface area contributed by atoms with E-state index in [-0.39, 0.29) is 24.5 Å². The Hall–Kier alpha value is -3.00. The average molecular weight is 539 g/mol. The molecule has 1 N–H and O–H groups in total. The fourth-order valence-electron chi connectivity index (χ4n) is 3.55. The van der Waals surface area contributed by atoms with Gasteiger partial charge in [-0.25, -0.2) is 18.4 Å². The van der Waals surface area contributed by atoms with Crippen molar-refractivity contribution in [2.45, 2.75) is 43.8 Å². The van der Waals surface area contributed by atoms with Gasteiger partial charge < -0.3 is 18.9 Å². The van der Waals surface area contributed by atoms with Crippen molar-refractivity contribution in [3.63, 3.8) is 0 Å². The molecule has 1 saturated carbocycles. The topological polar surface area (TPSA) is 140 Å². The predicted octanol–water partition coefficient (Wildman–Crippen LogP) is 2.92. The molecule has 1 aromatic carbocycles. The van der Waals surface area contributed by atoms with E-state index in [9.17, 15) is 8.42 Å². The van der Waals surface area contributed by atoms with E-state index in [2.05, 4.69) is 24.9 Å². The zero-order valence-electron chi connectivity index (χ0n) is 20.2. The normalized spacial score (nSPS) is 15.4. The minimum absolute atomic E-state index is 0.0640. The van der Waals surface area contributed by atoms with Crippen molar-refractivity contribution in [2.75, 3.05) is 26.1 Å². The number of sulfonamides is 1. The fraction of sp³-hybridized carbons (Fsp3) is 0.455. The molecule has 1 fully saturated rings. The summed E-state index contributed by atoms with van der Waals surface area (Å²) >= 11 is 5.87. The van der Waals surface area contributed by atoms with Gasteiger partial charge in [-0.3, -0.25) is 9.29 Å². The maximum atomic E-state index is 13.5. The van der Waals surface area contributed by atoms with Crippen LogP contribution in [0, 0.1) is 0 Å². The van der Waals surface area contributed by atoms with Gasteiger partial charge in [-0.2, -0.15) is 0 Å². The van der Waals surface area contributed by atoms with Crippen LogP contribution < -0.4 is 14.2 Å². The third kappa shape index (κ3) is 5.53. The molecule has 1 aliphatic carbocycles. The molecule has 2 atom stereocenters. The molecule has 36 heavy (non-hydrogen) atoms. The van der Waals surface area contributed by atoms with Gasteiger partial charge in [0.1, 0.15) is 35.1 Å². The van der Waals surface area contributed by atoms with Crippen LogP contribution in [0.4, 0.5) is 5.95 Å². The third-order valence-electron chi connectivity index (χ3n) is 5.63. The number of nitrogens with one attached hydrogen (secondary N) is 1. The van der Waals surface area contributed by atoms with E-state index in [0.717, 1.165) is 12.8 Å². The molecular weight excluding hydrogens is 512 g/mol. The molecule has 0 aliphatic heterocycles. The molecule has 3 aromatic rings. The molecular formula is C22H27ClN6O6S. The fourth-order valence-corrected chi connectivity index (χ4v) is 4.78. The summed E-state index contributed by atoms with van der Waals surface area (Å²) < 4.78 is 53.3. The van der Waals surface area contributed by atoms with Gasteiger partial charge in [0.25, 0.3) is 0 Å². The number of halogens is 1. The zero-order chi connectivity index (χ0) is 25.9. The Morgan fingerprint density at radius 2 is 1.75 bits per heavy atom. The number of ether oxygens (including phenoxy) is 4. The number of methoxy groups -OCH3 is 3. The standard InChI is InChI=1S/C22H27ClN6O6S/c1-13(20(34-4)21-24-10-14(23)11-25-21)36(30,31)28-22-27-26-18(12-35-15-8-9-15)29(22)19-16(32-2)6-5-7-17(19)33-3/h5-7,10-11,13,15,20H,8-9,12H2,1-4H3,(H,27,28). The van der Waals surface area contributed by atoms with Crippen LogP contribution in [0.3, 0.4) is 0 Å². The minimum Gasteiger partial charge on any atom is -0.494 e. The Balaban J connectivity index is 1.73. The number of para-hydroxylation sites is 1.